The zero-order chi connectivity index (χ0) is 12.3. The maximum absolute atomic E-state index is 4.16. The minimum atomic E-state index is 0.683. The summed E-state index contributed by atoms with van der Waals surface area (Å²) in [5, 5.41) is 12.8. The van der Waals surface area contributed by atoms with E-state index in [4.69, 9.17) is 0 Å². The van der Waals surface area contributed by atoms with Gasteiger partial charge in [-0.3, -0.25) is 0 Å². The van der Waals surface area contributed by atoms with E-state index in [1.165, 1.54) is 12.8 Å². The van der Waals surface area contributed by atoms with Crippen LogP contribution in [0.1, 0.15) is 19.8 Å². The van der Waals surface area contributed by atoms with Crippen molar-refractivity contribution >= 4 is 28.2 Å². The lowest BCUT2D eigenvalue weighted by atomic mass is 10.2. The average molecular weight is 272 g/mol. The summed E-state index contributed by atoms with van der Waals surface area (Å²) in [6.07, 6.45) is 2.81. The first kappa shape index (κ1) is 13.1. The van der Waals surface area contributed by atoms with Crippen LogP contribution in [0.4, 0.5) is 5.13 Å². The van der Waals surface area contributed by atoms with Gasteiger partial charge in [-0.25, -0.2) is 0 Å². The Morgan fingerprint density at radius 2 is 2.24 bits per heavy atom. The Balaban J connectivity index is 1.63. The molecule has 6 heteroatoms. The minimum absolute atomic E-state index is 0.683. The van der Waals surface area contributed by atoms with Gasteiger partial charge in [0.2, 0.25) is 5.13 Å². The van der Waals surface area contributed by atoms with Crippen LogP contribution in [0.3, 0.4) is 0 Å². The Morgan fingerprint density at radius 1 is 1.47 bits per heavy atom. The van der Waals surface area contributed by atoms with Crippen LogP contribution in [-0.4, -0.2) is 42.6 Å². The molecule has 96 valence electrons. The Kier molecular flexibility index (Phi) is 4.64. The number of thioether (sulfide) groups is 1. The van der Waals surface area contributed by atoms with Crippen molar-refractivity contribution in [3.8, 4) is 0 Å². The van der Waals surface area contributed by atoms with E-state index in [9.17, 15) is 0 Å². The van der Waals surface area contributed by atoms with Crippen molar-refractivity contribution in [1.29, 1.82) is 0 Å². The van der Waals surface area contributed by atoms with Crippen LogP contribution >= 0.6 is 23.1 Å². The van der Waals surface area contributed by atoms with Crippen LogP contribution in [-0.2, 0) is 0 Å². The summed E-state index contributed by atoms with van der Waals surface area (Å²) in [6, 6.07) is 0.683. The monoisotopic (exact) mass is 272 g/mol. The SMILES string of the molecule is CC(NCCSc1nnc(N(C)C)s1)C1CC1. The molecule has 1 aliphatic carbocycles. The number of nitrogens with one attached hydrogen (secondary N) is 1. The van der Waals surface area contributed by atoms with Gasteiger partial charge in [0.1, 0.15) is 0 Å². The van der Waals surface area contributed by atoms with E-state index in [2.05, 4.69) is 22.4 Å². The van der Waals surface area contributed by atoms with Crippen LogP contribution in [0.2, 0.25) is 0 Å². The maximum Gasteiger partial charge on any atom is 0.208 e. The fourth-order valence-corrected chi connectivity index (χ4v) is 3.33. The molecule has 1 saturated carbocycles. The van der Waals surface area contributed by atoms with E-state index in [0.29, 0.717) is 6.04 Å². The standard InChI is InChI=1S/C11H20N4S2/c1-8(9-4-5-9)12-6-7-16-11-14-13-10(17-11)15(2)3/h8-9,12H,4-7H2,1-3H3. The summed E-state index contributed by atoms with van der Waals surface area (Å²) in [7, 11) is 3.99. The molecule has 0 aromatic carbocycles. The fourth-order valence-electron chi connectivity index (χ4n) is 1.63. The third-order valence-corrected chi connectivity index (χ3v) is 5.13. The van der Waals surface area contributed by atoms with Gasteiger partial charge >= 0.3 is 0 Å². The third kappa shape index (κ3) is 4.12. The van der Waals surface area contributed by atoms with Gasteiger partial charge in [0.15, 0.2) is 4.34 Å². The second kappa shape index (κ2) is 6.02. The first-order valence-electron chi connectivity index (χ1n) is 6.04. The summed E-state index contributed by atoms with van der Waals surface area (Å²) in [4.78, 5) is 2.00. The molecule has 1 aliphatic rings. The first-order valence-corrected chi connectivity index (χ1v) is 7.84. The zero-order valence-electron chi connectivity index (χ0n) is 10.6. The van der Waals surface area contributed by atoms with Gasteiger partial charge in [0.25, 0.3) is 0 Å². The van der Waals surface area contributed by atoms with Gasteiger partial charge in [-0.2, -0.15) is 0 Å². The molecule has 0 saturated heterocycles. The maximum atomic E-state index is 4.16. The normalized spacial score (nSPS) is 17.1. The molecule has 1 fully saturated rings. The molecule has 2 rings (SSSR count). The lowest BCUT2D eigenvalue weighted by Crippen LogP contribution is -2.29. The van der Waals surface area contributed by atoms with Crippen molar-refractivity contribution in [2.75, 3.05) is 31.3 Å². The highest BCUT2D eigenvalue weighted by Gasteiger charge is 2.27. The topological polar surface area (TPSA) is 41.1 Å². The highest BCUT2D eigenvalue weighted by atomic mass is 32.2. The molecule has 0 aliphatic heterocycles. The lowest BCUT2D eigenvalue weighted by Gasteiger charge is -2.11. The van der Waals surface area contributed by atoms with Crippen molar-refractivity contribution in [3.63, 3.8) is 0 Å². The van der Waals surface area contributed by atoms with Gasteiger partial charge in [0.05, 0.1) is 0 Å². The van der Waals surface area contributed by atoms with Crippen LogP contribution in [0.5, 0.6) is 0 Å². The first-order chi connectivity index (χ1) is 8.16. The van der Waals surface area contributed by atoms with Crippen molar-refractivity contribution in [2.24, 2.45) is 5.92 Å². The zero-order valence-corrected chi connectivity index (χ0v) is 12.3. The van der Waals surface area contributed by atoms with Crippen molar-refractivity contribution < 1.29 is 0 Å². The van der Waals surface area contributed by atoms with Crippen LogP contribution in [0.15, 0.2) is 4.34 Å². The molecule has 1 aromatic heterocycles. The molecule has 17 heavy (non-hydrogen) atoms. The summed E-state index contributed by atoms with van der Waals surface area (Å²) >= 11 is 3.45. The van der Waals surface area contributed by atoms with E-state index < -0.39 is 0 Å². The van der Waals surface area contributed by atoms with E-state index in [1.54, 1.807) is 23.1 Å². The van der Waals surface area contributed by atoms with E-state index >= 15 is 0 Å². The summed E-state index contributed by atoms with van der Waals surface area (Å²) in [5.41, 5.74) is 0. The molecule has 4 nitrogen and oxygen atoms in total. The molecular formula is C11H20N4S2. The lowest BCUT2D eigenvalue weighted by molar-refractivity contribution is 0.514. The van der Waals surface area contributed by atoms with Gasteiger partial charge in [0, 0.05) is 32.4 Å². The Labute approximate surface area is 111 Å². The molecule has 0 bridgehead atoms. The molecule has 1 heterocycles. The second-order valence-corrected chi connectivity index (χ2v) is 6.97. The van der Waals surface area contributed by atoms with Gasteiger partial charge in [-0.05, 0) is 25.7 Å². The molecule has 0 amide bonds. The number of hydrogen-bond acceptors (Lipinski definition) is 6. The summed E-state index contributed by atoms with van der Waals surface area (Å²) < 4.78 is 1.06. The van der Waals surface area contributed by atoms with Crippen LogP contribution < -0.4 is 10.2 Å². The Hall–Kier alpha value is -0.330. The van der Waals surface area contributed by atoms with Crippen molar-refractivity contribution in [3.05, 3.63) is 0 Å². The fraction of sp³-hybridized carbons (Fsp3) is 0.818. The number of hydrogen-bond donors (Lipinski definition) is 1. The number of aromatic nitrogens is 2. The van der Waals surface area contributed by atoms with Gasteiger partial charge in [-0.1, -0.05) is 23.1 Å². The van der Waals surface area contributed by atoms with Crippen molar-refractivity contribution in [1.82, 2.24) is 15.5 Å². The number of anilines is 1. The molecule has 1 N–H and O–H groups in total. The number of nitrogens with zero attached hydrogens (tertiary/aromatic N) is 3. The third-order valence-electron chi connectivity index (χ3n) is 2.90. The van der Waals surface area contributed by atoms with Crippen LogP contribution in [0.25, 0.3) is 0 Å². The predicted octanol–water partition coefficient (Wildman–Crippen LogP) is 2.08. The smallest absolute Gasteiger partial charge is 0.208 e. The highest BCUT2D eigenvalue weighted by Crippen LogP contribution is 2.32. The predicted molar refractivity (Wildman–Crippen MR) is 75.1 cm³/mol. The van der Waals surface area contributed by atoms with E-state index in [1.807, 2.05) is 19.0 Å². The minimum Gasteiger partial charge on any atom is -0.353 e. The Morgan fingerprint density at radius 3 is 2.82 bits per heavy atom. The average Bonchev–Trinajstić information content (AvgIpc) is 3.03. The summed E-state index contributed by atoms with van der Waals surface area (Å²) in [6.45, 7) is 3.34. The highest BCUT2D eigenvalue weighted by molar-refractivity contribution is 8.01. The molecule has 1 atom stereocenters. The largest absolute Gasteiger partial charge is 0.353 e. The van der Waals surface area contributed by atoms with Crippen molar-refractivity contribution in [2.45, 2.75) is 30.1 Å². The molecule has 1 aromatic rings. The quantitative estimate of drug-likeness (QED) is 0.608. The van der Waals surface area contributed by atoms with Gasteiger partial charge in [-0.15, -0.1) is 10.2 Å². The van der Waals surface area contributed by atoms with Gasteiger partial charge < -0.3 is 10.2 Å². The second-order valence-electron chi connectivity index (χ2n) is 4.67. The molecule has 1 unspecified atom stereocenters. The molecule has 0 spiro atoms. The number of rotatable bonds is 7. The Bertz CT molecular complexity index is 349. The van der Waals surface area contributed by atoms with E-state index in [0.717, 1.165) is 27.7 Å². The summed E-state index contributed by atoms with van der Waals surface area (Å²) in [5.74, 6) is 2.00. The molecule has 0 radical (unpaired) electrons. The van der Waals surface area contributed by atoms with Crippen LogP contribution in [0, 0.1) is 5.92 Å². The molecular weight excluding hydrogens is 252 g/mol. The van der Waals surface area contributed by atoms with E-state index in [-0.39, 0.29) is 0 Å².